The van der Waals surface area contributed by atoms with Crippen molar-refractivity contribution in [3.05, 3.63) is 0 Å². The summed E-state index contributed by atoms with van der Waals surface area (Å²) < 4.78 is 12.1. The van der Waals surface area contributed by atoms with Crippen LogP contribution < -0.4 is 0 Å². The number of ether oxygens (including phenoxy) is 1. The third kappa shape index (κ3) is 5.74. The Morgan fingerprint density at radius 1 is 1.25 bits per heavy atom. The molecule has 24 heavy (non-hydrogen) atoms. The third-order valence-electron chi connectivity index (χ3n) is 4.48. The molecule has 0 aromatic carbocycles. The third-order valence-corrected chi connectivity index (χ3v) is 5.39. The molecule has 142 valence electrons. The second kappa shape index (κ2) is 7.75. The molecule has 0 radical (unpaired) electrons. The molecule has 0 aromatic heterocycles. The summed E-state index contributed by atoms with van der Waals surface area (Å²) in [7, 11) is -1.38. The second-order valence-corrected chi connectivity index (χ2v) is 11.6. The van der Waals surface area contributed by atoms with Crippen molar-refractivity contribution >= 4 is 15.1 Å². The lowest BCUT2D eigenvalue weighted by Gasteiger charge is -2.40. The summed E-state index contributed by atoms with van der Waals surface area (Å²) in [6, 6.07) is 0. The van der Waals surface area contributed by atoms with E-state index in [0.717, 1.165) is 6.42 Å². The Labute approximate surface area is 149 Å². The molecule has 1 amide bonds. The van der Waals surface area contributed by atoms with E-state index in [0.29, 0.717) is 25.3 Å². The van der Waals surface area contributed by atoms with Crippen LogP contribution in [-0.2, 0) is 9.16 Å². The quantitative estimate of drug-likeness (QED) is 0.759. The highest BCUT2D eigenvalue weighted by Crippen LogP contribution is 2.45. The number of carbonyl (C=O) groups is 1. The number of nitrogens with zero attached hydrogens (tertiary/aromatic N) is 1. The molecule has 0 unspecified atom stereocenters. The van der Waals surface area contributed by atoms with Crippen LogP contribution >= 0.6 is 0 Å². The van der Waals surface area contributed by atoms with E-state index < -0.39 is 20.4 Å². The van der Waals surface area contributed by atoms with E-state index in [1.54, 1.807) is 4.90 Å². The molecule has 6 heteroatoms. The van der Waals surface area contributed by atoms with E-state index in [-0.39, 0.29) is 18.1 Å². The molecule has 1 aliphatic heterocycles. The summed E-state index contributed by atoms with van der Waals surface area (Å²) in [6.07, 6.45) is 1.78. The van der Waals surface area contributed by atoms with Crippen LogP contribution in [0.25, 0.3) is 0 Å². The first kappa shape index (κ1) is 21.4. The first-order chi connectivity index (χ1) is 10.8. The lowest BCUT2D eigenvalue weighted by atomic mass is 9.78. The Morgan fingerprint density at radius 2 is 1.83 bits per heavy atom. The largest absolute Gasteiger partial charge is 0.444 e. The van der Waals surface area contributed by atoms with E-state index in [9.17, 15) is 9.90 Å². The Morgan fingerprint density at radius 3 is 2.25 bits per heavy atom. The standard InChI is InChI=1S/C18H37NO4Si/c1-16(2,3)14-12-18(10-9-11-20,23-24(7)8)19(13-14)15(21)22-17(4,5)6/h14,20,24H,9-13H2,1-8H3/t14-,18+/m0/s1. The first-order valence-corrected chi connectivity index (χ1v) is 11.9. The van der Waals surface area contributed by atoms with Gasteiger partial charge in [-0.2, -0.15) is 0 Å². The molecule has 0 spiro atoms. The van der Waals surface area contributed by atoms with E-state index in [4.69, 9.17) is 9.16 Å². The Hall–Kier alpha value is -0.593. The fourth-order valence-electron chi connectivity index (χ4n) is 3.29. The molecular weight excluding hydrogens is 322 g/mol. The van der Waals surface area contributed by atoms with E-state index in [1.807, 2.05) is 20.8 Å². The van der Waals surface area contributed by atoms with Crippen LogP contribution in [0.3, 0.4) is 0 Å². The van der Waals surface area contributed by atoms with Gasteiger partial charge < -0.3 is 14.3 Å². The topological polar surface area (TPSA) is 59.0 Å². The number of aliphatic hydroxyl groups is 1. The van der Waals surface area contributed by atoms with Gasteiger partial charge >= 0.3 is 6.09 Å². The maximum atomic E-state index is 12.9. The van der Waals surface area contributed by atoms with Gasteiger partial charge in [0, 0.05) is 13.2 Å². The van der Waals surface area contributed by atoms with Crippen LogP contribution in [0.15, 0.2) is 0 Å². The molecule has 5 nitrogen and oxygen atoms in total. The molecule has 0 aliphatic carbocycles. The molecule has 0 saturated carbocycles. The summed E-state index contributed by atoms with van der Waals surface area (Å²) in [5.74, 6) is 0.344. The highest BCUT2D eigenvalue weighted by atomic mass is 28.3. The smallest absolute Gasteiger partial charge is 0.412 e. The first-order valence-electron chi connectivity index (χ1n) is 9.10. The predicted molar refractivity (Wildman–Crippen MR) is 99.5 cm³/mol. The molecule has 1 rings (SSSR count). The minimum absolute atomic E-state index is 0.0864. The predicted octanol–water partition coefficient (Wildman–Crippen LogP) is 3.76. The molecule has 1 heterocycles. The molecule has 1 saturated heterocycles. The van der Waals surface area contributed by atoms with E-state index in [1.165, 1.54) is 0 Å². The van der Waals surface area contributed by atoms with Crippen molar-refractivity contribution in [1.82, 2.24) is 4.90 Å². The molecule has 1 N–H and O–H groups in total. The maximum Gasteiger partial charge on any atom is 0.412 e. The van der Waals surface area contributed by atoms with Gasteiger partial charge in [-0.3, -0.25) is 4.90 Å². The van der Waals surface area contributed by atoms with Crippen LogP contribution in [0, 0.1) is 11.3 Å². The zero-order chi connectivity index (χ0) is 18.8. The van der Waals surface area contributed by atoms with E-state index >= 15 is 0 Å². The zero-order valence-electron chi connectivity index (χ0n) is 16.8. The van der Waals surface area contributed by atoms with Crippen molar-refractivity contribution < 1.29 is 19.1 Å². The molecule has 0 aromatic rings. The van der Waals surface area contributed by atoms with Crippen molar-refractivity contribution in [2.75, 3.05) is 13.2 Å². The fraction of sp³-hybridized carbons (Fsp3) is 0.944. The number of aliphatic hydroxyl groups excluding tert-OH is 1. The van der Waals surface area contributed by atoms with Gasteiger partial charge in [0.15, 0.2) is 9.04 Å². The van der Waals surface area contributed by atoms with Crippen LogP contribution in [0.4, 0.5) is 4.79 Å². The number of amides is 1. The van der Waals surface area contributed by atoms with Gasteiger partial charge in [0.05, 0.1) is 0 Å². The maximum absolute atomic E-state index is 12.9. The summed E-state index contributed by atoms with van der Waals surface area (Å²) >= 11 is 0. The molecule has 2 atom stereocenters. The van der Waals surface area contributed by atoms with E-state index in [2.05, 4.69) is 33.9 Å². The van der Waals surface area contributed by atoms with Gasteiger partial charge in [-0.25, -0.2) is 4.79 Å². The van der Waals surface area contributed by atoms with Crippen molar-refractivity contribution in [2.24, 2.45) is 11.3 Å². The summed E-state index contributed by atoms with van der Waals surface area (Å²) in [5.41, 5.74) is -1.08. The number of hydrogen-bond donors (Lipinski definition) is 1. The van der Waals surface area contributed by atoms with Crippen molar-refractivity contribution in [1.29, 1.82) is 0 Å². The Bertz CT molecular complexity index is 428. The lowest BCUT2D eigenvalue weighted by Crippen LogP contribution is -2.52. The monoisotopic (exact) mass is 359 g/mol. The second-order valence-electron chi connectivity index (χ2n) is 9.30. The van der Waals surface area contributed by atoms with Crippen LogP contribution in [-0.4, -0.2) is 49.6 Å². The average molecular weight is 360 g/mol. The summed E-state index contributed by atoms with van der Waals surface area (Å²) in [4.78, 5) is 14.7. The normalized spacial score (nSPS) is 25.4. The zero-order valence-corrected chi connectivity index (χ0v) is 18.0. The Balaban J connectivity index is 3.16. The van der Waals surface area contributed by atoms with Crippen LogP contribution in [0.2, 0.25) is 13.1 Å². The van der Waals surface area contributed by atoms with Gasteiger partial charge in [-0.15, -0.1) is 0 Å². The van der Waals surface area contributed by atoms with Crippen LogP contribution in [0.5, 0.6) is 0 Å². The van der Waals surface area contributed by atoms with Gasteiger partial charge in [0.2, 0.25) is 0 Å². The molecular formula is C18H37NO4Si. The minimum atomic E-state index is -1.38. The number of hydrogen-bond acceptors (Lipinski definition) is 4. The highest BCUT2D eigenvalue weighted by Gasteiger charge is 2.52. The fourth-order valence-corrected chi connectivity index (χ4v) is 4.50. The molecule has 1 aliphatic rings. The van der Waals surface area contributed by atoms with Gasteiger partial charge in [-0.05, 0) is 64.5 Å². The lowest BCUT2D eigenvalue weighted by molar-refractivity contribution is -0.0754. The minimum Gasteiger partial charge on any atom is -0.444 e. The Kier molecular flexibility index (Phi) is 6.92. The number of carbonyl (C=O) groups excluding carboxylic acids is 1. The summed E-state index contributed by atoms with van der Waals surface area (Å²) in [5, 5.41) is 9.33. The molecule has 1 fully saturated rings. The SMILES string of the molecule is C[SiH](C)O[C@]1(CCCO)C[C@H](C(C)(C)C)CN1C(=O)OC(C)(C)C. The van der Waals surface area contributed by atoms with Gasteiger partial charge in [0.25, 0.3) is 0 Å². The van der Waals surface area contributed by atoms with Gasteiger partial charge in [0.1, 0.15) is 11.3 Å². The van der Waals surface area contributed by atoms with Crippen molar-refractivity contribution in [3.63, 3.8) is 0 Å². The van der Waals surface area contributed by atoms with Crippen LogP contribution in [0.1, 0.15) is 60.8 Å². The molecule has 0 bridgehead atoms. The average Bonchev–Trinajstić information content (AvgIpc) is 2.73. The number of likely N-dealkylation sites (tertiary alicyclic amines) is 1. The summed E-state index contributed by atoms with van der Waals surface area (Å²) in [6.45, 7) is 17.3. The van der Waals surface area contributed by atoms with Gasteiger partial charge in [-0.1, -0.05) is 20.8 Å². The van der Waals surface area contributed by atoms with Crippen molar-refractivity contribution in [2.45, 2.75) is 85.2 Å². The highest BCUT2D eigenvalue weighted by molar-refractivity contribution is 6.48. The van der Waals surface area contributed by atoms with Crippen molar-refractivity contribution in [3.8, 4) is 0 Å². The number of rotatable bonds is 5.